The van der Waals surface area contributed by atoms with Gasteiger partial charge in [0.2, 0.25) is 11.8 Å². The first-order valence-corrected chi connectivity index (χ1v) is 9.99. The van der Waals surface area contributed by atoms with E-state index in [9.17, 15) is 14.0 Å². The van der Waals surface area contributed by atoms with Gasteiger partial charge in [-0.05, 0) is 31.2 Å². The average Bonchev–Trinajstić information content (AvgIpc) is 3.10. The summed E-state index contributed by atoms with van der Waals surface area (Å²) in [5.74, 6) is -0.489. The maximum absolute atomic E-state index is 13.6. The SMILES string of the molecule is CCn1c(CC(=O)Nc2ccccc2)nnc1SCC(=O)Nc1ccccc1F. The molecule has 9 heteroatoms. The smallest absolute Gasteiger partial charge is 0.234 e. The Morgan fingerprint density at radius 3 is 2.45 bits per heavy atom. The Kier molecular flexibility index (Phi) is 6.96. The maximum Gasteiger partial charge on any atom is 0.234 e. The van der Waals surface area contributed by atoms with Crippen molar-refractivity contribution in [2.24, 2.45) is 0 Å². The lowest BCUT2D eigenvalue weighted by Crippen LogP contribution is -2.18. The Labute approximate surface area is 171 Å². The predicted molar refractivity (Wildman–Crippen MR) is 110 cm³/mol. The summed E-state index contributed by atoms with van der Waals surface area (Å²) in [6.45, 7) is 2.46. The summed E-state index contributed by atoms with van der Waals surface area (Å²) in [5.41, 5.74) is 0.841. The molecular weight excluding hydrogens is 393 g/mol. The largest absolute Gasteiger partial charge is 0.326 e. The van der Waals surface area contributed by atoms with E-state index < -0.39 is 5.82 Å². The Morgan fingerprint density at radius 1 is 1.00 bits per heavy atom. The molecule has 0 fully saturated rings. The van der Waals surface area contributed by atoms with Crippen molar-refractivity contribution in [1.29, 1.82) is 0 Å². The zero-order valence-electron chi connectivity index (χ0n) is 15.8. The molecule has 0 unspecified atom stereocenters. The van der Waals surface area contributed by atoms with Crippen molar-refractivity contribution < 1.29 is 14.0 Å². The molecule has 0 radical (unpaired) electrons. The summed E-state index contributed by atoms with van der Waals surface area (Å²) in [4.78, 5) is 24.4. The van der Waals surface area contributed by atoms with Crippen molar-refractivity contribution >= 4 is 35.0 Å². The molecule has 2 amide bonds. The number of hydrogen-bond donors (Lipinski definition) is 2. The standard InChI is InChI=1S/C20H20FN5O2S/c1-2-26-17(12-18(27)22-14-8-4-3-5-9-14)24-25-20(26)29-13-19(28)23-16-11-7-6-10-15(16)21/h3-11H,2,12-13H2,1H3,(H,22,27)(H,23,28). The Morgan fingerprint density at radius 2 is 1.72 bits per heavy atom. The molecule has 1 heterocycles. The first-order valence-electron chi connectivity index (χ1n) is 9.01. The molecule has 2 aromatic carbocycles. The van der Waals surface area contributed by atoms with E-state index in [1.54, 1.807) is 28.8 Å². The van der Waals surface area contributed by atoms with E-state index in [4.69, 9.17) is 0 Å². The van der Waals surface area contributed by atoms with E-state index >= 15 is 0 Å². The number of para-hydroxylation sites is 2. The highest BCUT2D eigenvalue weighted by Gasteiger charge is 2.16. The minimum Gasteiger partial charge on any atom is -0.326 e. The van der Waals surface area contributed by atoms with Crippen LogP contribution in [0.3, 0.4) is 0 Å². The molecule has 0 atom stereocenters. The van der Waals surface area contributed by atoms with Crippen molar-refractivity contribution in [3.05, 3.63) is 66.2 Å². The number of aromatic nitrogens is 3. The number of thioether (sulfide) groups is 1. The second-order valence-electron chi connectivity index (χ2n) is 6.05. The molecule has 0 bridgehead atoms. The van der Waals surface area contributed by atoms with E-state index in [2.05, 4.69) is 20.8 Å². The first kappa shape index (κ1) is 20.5. The van der Waals surface area contributed by atoms with Crippen LogP contribution >= 0.6 is 11.8 Å². The summed E-state index contributed by atoms with van der Waals surface area (Å²) in [5, 5.41) is 14.0. The number of rotatable bonds is 8. The summed E-state index contributed by atoms with van der Waals surface area (Å²) in [6, 6.07) is 15.1. The number of benzene rings is 2. The van der Waals surface area contributed by atoms with Crippen molar-refractivity contribution in [2.75, 3.05) is 16.4 Å². The van der Waals surface area contributed by atoms with Crippen molar-refractivity contribution in [3.8, 4) is 0 Å². The van der Waals surface area contributed by atoms with Gasteiger partial charge in [0.25, 0.3) is 0 Å². The minimum absolute atomic E-state index is 0.0443. The van der Waals surface area contributed by atoms with Gasteiger partial charge in [-0.1, -0.05) is 42.1 Å². The lowest BCUT2D eigenvalue weighted by Gasteiger charge is -2.08. The normalized spacial score (nSPS) is 10.6. The van der Waals surface area contributed by atoms with Crippen LogP contribution in [0.2, 0.25) is 0 Å². The van der Waals surface area contributed by atoms with Gasteiger partial charge >= 0.3 is 0 Å². The highest BCUT2D eigenvalue weighted by atomic mass is 32.2. The van der Waals surface area contributed by atoms with E-state index in [0.717, 1.165) is 0 Å². The van der Waals surface area contributed by atoms with Crippen LogP contribution in [0.4, 0.5) is 15.8 Å². The number of nitrogens with zero attached hydrogens (tertiary/aromatic N) is 3. The topological polar surface area (TPSA) is 88.9 Å². The third-order valence-electron chi connectivity index (χ3n) is 3.97. The van der Waals surface area contributed by atoms with Gasteiger partial charge in [-0.2, -0.15) is 0 Å². The molecule has 3 rings (SSSR count). The van der Waals surface area contributed by atoms with Gasteiger partial charge in [0.15, 0.2) is 5.16 Å². The maximum atomic E-state index is 13.6. The fraction of sp³-hybridized carbons (Fsp3) is 0.200. The second-order valence-corrected chi connectivity index (χ2v) is 6.99. The fourth-order valence-corrected chi connectivity index (χ4v) is 3.44. The number of halogens is 1. The lowest BCUT2D eigenvalue weighted by atomic mass is 10.3. The Balaban J connectivity index is 1.58. The highest BCUT2D eigenvalue weighted by molar-refractivity contribution is 7.99. The van der Waals surface area contributed by atoms with Crippen LogP contribution in [0.5, 0.6) is 0 Å². The van der Waals surface area contributed by atoms with Crippen molar-refractivity contribution in [3.63, 3.8) is 0 Å². The molecule has 150 valence electrons. The highest BCUT2D eigenvalue weighted by Crippen LogP contribution is 2.19. The van der Waals surface area contributed by atoms with Gasteiger partial charge in [0, 0.05) is 12.2 Å². The lowest BCUT2D eigenvalue weighted by molar-refractivity contribution is -0.116. The zero-order valence-corrected chi connectivity index (χ0v) is 16.6. The number of anilines is 2. The van der Waals surface area contributed by atoms with E-state index in [0.29, 0.717) is 23.2 Å². The molecular formula is C20H20FN5O2S. The van der Waals surface area contributed by atoms with Crippen molar-refractivity contribution in [2.45, 2.75) is 25.0 Å². The second kappa shape index (κ2) is 9.83. The van der Waals surface area contributed by atoms with Gasteiger partial charge in [0.05, 0.1) is 17.9 Å². The third kappa shape index (κ3) is 5.64. The Hall–Kier alpha value is -3.20. The molecule has 1 aromatic heterocycles. The molecule has 0 aliphatic rings. The number of carbonyl (C=O) groups excluding carboxylic acids is 2. The molecule has 0 saturated carbocycles. The number of hydrogen-bond acceptors (Lipinski definition) is 5. The van der Waals surface area contributed by atoms with Gasteiger partial charge in [-0.25, -0.2) is 4.39 Å². The van der Waals surface area contributed by atoms with Gasteiger partial charge < -0.3 is 15.2 Å². The quantitative estimate of drug-likeness (QED) is 0.553. The molecule has 0 aliphatic heterocycles. The van der Waals surface area contributed by atoms with Crippen LogP contribution in [0.1, 0.15) is 12.7 Å². The molecule has 7 nitrogen and oxygen atoms in total. The predicted octanol–water partition coefficient (Wildman–Crippen LogP) is 3.35. The van der Waals surface area contributed by atoms with Gasteiger partial charge in [-0.3, -0.25) is 9.59 Å². The third-order valence-corrected chi connectivity index (χ3v) is 4.93. The van der Waals surface area contributed by atoms with Crippen LogP contribution in [-0.4, -0.2) is 32.3 Å². The van der Waals surface area contributed by atoms with Crippen LogP contribution < -0.4 is 10.6 Å². The summed E-state index contributed by atoms with van der Waals surface area (Å²) < 4.78 is 15.4. The van der Waals surface area contributed by atoms with Gasteiger partial charge in [0.1, 0.15) is 11.6 Å². The van der Waals surface area contributed by atoms with Crippen LogP contribution in [0.15, 0.2) is 59.8 Å². The summed E-state index contributed by atoms with van der Waals surface area (Å²) >= 11 is 1.18. The monoisotopic (exact) mass is 413 g/mol. The van der Waals surface area contributed by atoms with Crippen LogP contribution in [0, 0.1) is 5.82 Å². The average molecular weight is 413 g/mol. The van der Waals surface area contributed by atoms with Crippen LogP contribution in [-0.2, 0) is 22.6 Å². The van der Waals surface area contributed by atoms with E-state index in [-0.39, 0.29) is 29.7 Å². The van der Waals surface area contributed by atoms with E-state index in [1.807, 2.05) is 25.1 Å². The Bertz CT molecular complexity index is 994. The molecule has 0 aliphatic carbocycles. The fourth-order valence-electron chi connectivity index (χ4n) is 2.62. The van der Waals surface area contributed by atoms with Gasteiger partial charge in [-0.15, -0.1) is 10.2 Å². The zero-order chi connectivity index (χ0) is 20.6. The van der Waals surface area contributed by atoms with Crippen LogP contribution in [0.25, 0.3) is 0 Å². The number of amides is 2. The summed E-state index contributed by atoms with van der Waals surface area (Å²) in [6.07, 6.45) is 0.0672. The molecule has 2 N–H and O–H groups in total. The molecule has 3 aromatic rings. The molecule has 0 saturated heterocycles. The van der Waals surface area contributed by atoms with E-state index in [1.165, 1.54) is 23.9 Å². The summed E-state index contributed by atoms with van der Waals surface area (Å²) in [7, 11) is 0. The molecule has 29 heavy (non-hydrogen) atoms. The molecule has 0 spiro atoms. The minimum atomic E-state index is -0.491. The first-order chi connectivity index (χ1) is 14.1. The number of nitrogens with one attached hydrogen (secondary N) is 2. The number of carbonyl (C=O) groups is 2. The van der Waals surface area contributed by atoms with Crippen molar-refractivity contribution in [1.82, 2.24) is 14.8 Å².